The van der Waals surface area contributed by atoms with Crippen molar-refractivity contribution in [2.24, 2.45) is 5.92 Å². The largest absolute Gasteiger partial charge is 0.481 e. The van der Waals surface area contributed by atoms with E-state index in [1.54, 1.807) is 0 Å². The van der Waals surface area contributed by atoms with Gasteiger partial charge in [0, 0.05) is 6.54 Å². The number of carbonyl (C=O) groups is 2. The number of piperidine rings is 1. The molecule has 1 aromatic rings. The average Bonchev–Trinajstić information content (AvgIpc) is 2.59. The molecule has 0 radical (unpaired) electrons. The molecule has 2 N–H and O–H groups in total. The molecule has 6 heteroatoms. The minimum atomic E-state index is -0.730. The van der Waals surface area contributed by atoms with Crippen LogP contribution >= 0.6 is 0 Å². The van der Waals surface area contributed by atoms with E-state index in [2.05, 4.69) is 5.32 Å². The van der Waals surface area contributed by atoms with Gasteiger partial charge in [-0.15, -0.1) is 0 Å². The summed E-state index contributed by atoms with van der Waals surface area (Å²) in [4.78, 5) is 25.0. The lowest BCUT2D eigenvalue weighted by Gasteiger charge is -2.29. The maximum atomic E-state index is 12.1. The first-order valence-corrected chi connectivity index (χ1v) is 8.85. The van der Waals surface area contributed by atoms with Gasteiger partial charge in [-0.3, -0.25) is 14.5 Å². The van der Waals surface area contributed by atoms with Crippen LogP contribution in [0, 0.1) is 5.92 Å². The fourth-order valence-electron chi connectivity index (χ4n) is 2.81. The molecular formula is C19H28N2O4. The van der Waals surface area contributed by atoms with Crippen LogP contribution in [0.4, 0.5) is 0 Å². The highest BCUT2D eigenvalue weighted by molar-refractivity contribution is 5.78. The molecule has 1 saturated heterocycles. The molecule has 0 aromatic heterocycles. The maximum absolute atomic E-state index is 12.1. The van der Waals surface area contributed by atoms with E-state index in [9.17, 15) is 9.59 Å². The molecule has 0 saturated carbocycles. The molecule has 1 fully saturated rings. The molecule has 0 unspecified atom stereocenters. The summed E-state index contributed by atoms with van der Waals surface area (Å²) in [5.74, 6) is -1.02. The van der Waals surface area contributed by atoms with Crippen LogP contribution in [0.25, 0.3) is 0 Å². The van der Waals surface area contributed by atoms with E-state index in [0.29, 0.717) is 45.6 Å². The van der Waals surface area contributed by atoms with Gasteiger partial charge in [0.05, 0.1) is 25.2 Å². The molecule has 0 spiro atoms. The van der Waals surface area contributed by atoms with E-state index in [-0.39, 0.29) is 17.9 Å². The van der Waals surface area contributed by atoms with Gasteiger partial charge >= 0.3 is 5.97 Å². The SMILES string of the molecule is CC(C)OCc1ccc(CNC(=O)CN2CCC(C(=O)O)CC2)cc1. The number of ether oxygens (including phenoxy) is 1. The van der Waals surface area contributed by atoms with Crippen LogP contribution in [0.5, 0.6) is 0 Å². The Bertz CT molecular complexity index is 563. The van der Waals surface area contributed by atoms with Crippen molar-refractivity contribution in [1.82, 2.24) is 10.2 Å². The third kappa shape index (κ3) is 6.84. The second-order valence-corrected chi connectivity index (χ2v) is 6.84. The second kappa shape index (κ2) is 9.53. The number of carboxylic acids is 1. The van der Waals surface area contributed by atoms with Crippen molar-refractivity contribution >= 4 is 11.9 Å². The maximum Gasteiger partial charge on any atom is 0.306 e. The van der Waals surface area contributed by atoms with Gasteiger partial charge < -0.3 is 15.2 Å². The number of benzene rings is 1. The summed E-state index contributed by atoms with van der Waals surface area (Å²) in [5.41, 5.74) is 2.16. The zero-order valence-electron chi connectivity index (χ0n) is 15.0. The van der Waals surface area contributed by atoms with Gasteiger partial charge in [0.2, 0.25) is 5.91 Å². The number of nitrogens with one attached hydrogen (secondary N) is 1. The summed E-state index contributed by atoms with van der Waals surface area (Å²) in [6.07, 6.45) is 1.44. The van der Waals surface area contributed by atoms with Crippen LogP contribution in [0.3, 0.4) is 0 Å². The number of rotatable bonds is 8. The average molecular weight is 348 g/mol. The predicted molar refractivity (Wildman–Crippen MR) is 95.0 cm³/mol. The summed E-state index contributed by atoms with van der Waals surface area (Å²) in [6, 6.07) is 8.02. The van der Waals surface area contributed by atoms with Gasteiger partial charge in [0.15, 0.2) is 0 Å². The van der Waals surface area contributed by atoms with Gasteiger partial charge in [-0.25, -0.2) is 0 Å². The Kier molecular flexibility index (Phi) is 7.40. The topological polar surface area (TPSA) is 78.9 Å². The number of hydrogen-bond acceptors (Lipinski definition) is 4. The molecule has 0 atom stereocenters. The van der Waals surface area contributed by atoms with Crippen molar-refractivity contribution in [3.05, 3.63) is 35.4 Å². The molecule has 1 aliphatic rings. The third-order valence-electron chi connectivity index (χ3n) is 4.40. The Morgan fingerprint density at radius 1 is 1.20 bits per heavy atom. The number of hydrogen-bond donors (Lipinski definition) is 2. The van der Waals surface area contributed by atoms with Gasteiger partial charge in [-0.1, -0.05) is 24.3 Å². The van der Waals surface area contributed by atoms with Crippen LogP contribution in [0.2, 0.25) is 0 Å². The van der Waals surface area contributed by atoms with Gasteiger partial charge in [0.25, 0.3) is 0 Å². The molecule has 138 valence electrons. The van der Waals surface area contributed by atoms with Crippen molar-refractivity contribution in [1.29, 1.82) is 0 Å². The van der Waals surface area contributed by atoms with E-state index >= 15 is 0 Å². The third-order valence-corrected chi connectivity index (χ3v) is 4.40. The fourth-order valence-corrected chi connectivity index (χ4v) is 2.81. The predicted octanol–water partition coefficient (Wildman–Crippen LogP) is 2.02. The van der Waals surface area contributed by atoms with Crippen LogP contribution in [-0.2, 0) is 27.5 Å². The molecule has 1 amide bonds. The second-order valence-electron chi connectivity index (χ2n) is 6.84. The van der Waals surface area contributed by atoms with Crippen molar-refractivity contribution < 1.29 is 19.4 Å². The molecule has 2 rings (SSSR count). The van der Waals surface area contributed by atoms with Gasteiger partial charge in [0.1, 0.15) is 0 Å². The van der Waals surface area contributed by atoms with Crippen LogP contribution < -0.4 is 5.32 Å². The van der Waals surface area contributed by atoms with E-state index in [1.165, 1.54) is 0 Å². The van der Waals surface area contributed by atoms with Crippen LogP contribution in [-0.4, -0.2) is 47.6 Å². The summed E-state index contributed by atoms with van der Waals surface area (Å²) in [7, 11) is 0. The van der Waals surface area contributed by atoms with Crippen LogP contribution in [0.15, 0.2) is 24.3 Å². The lowest BCUT2D eigenvalue weighted by atomic mass is 9.97. The molecule has 6 nitrogen and oxygen atoms in total. The van der Waals surface area contributed by atoms with Gasteiger partial charge in [-0.2, -0.15) is 0 Å². The number of carboxylic acid groups (broad SMARTS) is 1. The monoisotopic (exact) mass is 348 g/mol. The Morgan fingerprint density at radius 2 is 1.80 bits per heavy atom. The highest BCUT2D eigenvalue weighted by Gasteiger charge is 2.25. The normalized spacial score (nSPS) is 16.1. The number of nitrogens with zero attached hydrogens (tertiary/aromatic N) is 1. The molecule has 1 aliphatic heterocycles. The van der Waals surface area contributed by atoms with E-state index in [1.807, 2.05) is 43.0 Å². The number of amides is 1. The number of aliphatic carboxylic acids is 1. The lowest BCUT2D eigenvalue weighted by Crippen LogP contribution is -2.42. The first-order valence-electron chi connectivity index (χ1n) is 8.85. The molecule has 1 heterocycles. The highest BCUT2D eigenvalue weighted by atomic mass is 16.5. The van der Waals surface area contributed by atoms with E-state index < -0.39 is 5.97 Å². The first kappa shape index (κ1) is 19.4. The van der Waals surface area contributed by atoms with Crippen molar-refractivity contribution in [3.63, 3.8) is 0 Å². The zero-order valence-corrected chi connectivity index (χ0v) is 15.0. The van der Waals surface area contributed by atoms with Crippen LogP contribution in [0.1, 0.15) is 37.8 Å². The number of carbonyl (C=O) groups excluding carboxylic acids is 1. The minimum absolute atomic E-state index is 0.0269. The van der Waals surface area contributed by atoms with E-state index in [4.69, 9.17) is 9.84 Å². The quantitative estimate of drug-likeness (QED) is 0.751. The molecular weight excluding hydrogens is 320 g/mol. The molecule has 0 aliphatic carbocycles. The summed E-state index contributed by atoms with van der Waals surface area (Å²) < 4.78 is 5.56. The van der Waals surface area contributed by atoms with E-state index in [0.717, 1.165) is 11.1 Å². The zero-order chi connectivity index (χ0) is 18.2. The highest BCUT2D eigenvalue weighted by Crippen LogP contribution is 2.16. The summed E-state index contributed by atoms with van der Waals surface area (Å²) >= 11 is 0. The lowest BCUT2D eigenvalue weighted by molar-refractivity contribution is -0.143. The smallest absolute Gasteiger partial charge is 0.306 e. The molecule has 25 heavy (non-hydrogen) atoms. The number of likely N-dealkylation sites (tertiary alicyclic amines) is 1. The Hall–Kier alpha value is -1.92. The Balaban J connectivity index is 1.69. The summed E-state index contributed by atoms with van der Waals surface area (Å²) in [6.45, 7) is 6.75. The molecule has 1 aromatic carbocycles. The standard InChI is InChI=1S/C19H28N2O4/c1-14(2)25-13-16-5-3-15(4-6-16)11-20-18(22)12-21-9-7-17(8-10-21)19(23)24/h3-6,14,17H,7-13H2,1-2H3,(H,20,22)(H,23,24). The van der Waals surface area contributed by atoms with Crippen molar-refractivity contribution in [3.8, 4) is 0 Å². The minimum Gasteiger partial charge on any atom is -0.481 e. The first-order chi connectivity index (χ1) is 11.9. The Labute approximate surface area is 149 Å². The summed E-state index contributed by atoms with van der Waals surface area (Å²) in [5, 5.41) is 11.9. The van der Waals surface area contributed by atoms with Crippen molar-refractivity contribution in [2.45, 2.75) is 45.9 Å². The van der Waals surface area contributed by atoms with Gasteiger partial charge in [-0.05, 0) is 50.9 Å². The molecule has 0 bridgehead atoms. The van der Waals surface area contributed by atoms with Crippen molar-refractivity contribution in [2.75, 3.05) is 19.6 Å². The Morgan fingerprint density at radius 3 is 2.36 bits per heavy atom. The fraction of sp³-hybridized carbons (Fsp3) is 0.579.